The number of sulfone groups is 1. The first-order valence-electron chi connectivity index (χ1n) is 8.87. The highest BCUT2D eigenvalue weighted by Gasteiger charge is 2.63. The Labute approximate surface area is 137 Å². The summed E-state index contributed by atoms with van der Waals surface area (Å²) in [4.78, 5) is 0.514. The van der Waals surface area contributed by atoms with Crippen molar-refractivity contribution in [1.82, 2.24) is 0 Å². The summed E-state index contributed by atoms with van der Waals surface area (Å²) in [5.41, 5.74) is 3.25. The highest BCUT2D eigenvalue weighted by Crippen LogP contribution is 2.69. The van der Waals surface area contributed by atoms with Crippen LogP contribution in [-0.4, -0.2) is 13.7 Å². The van der Waals surface area contributed by atoms with E-state index in [1.54, 1.807) is 23.3 Å². The SMILES string of the molecule is O=S(=O)(c1ccccc1)[C@@H]1C[C@H]2C[C@H]1C1=C2[C@H]2C=C[C@H]1[C@H]1C[C@H]12. The molecule has 3 heteroatoms. The fourth-order valence-corrected chi connectivity index (χ4v) is 8.38. The van der Waals surface area contributed by atoms with Crippen LogP contribution >= 0.6 is 0 Å². The molecule has 0 unspecified atom stereocenters. The Morgan fingerprint density at radius 1 is 0.826 bits per heavy atom. The summed E-state index contributed by atoms with van der Waals surface area (Å²) in [7, 11) is -3.20. The molecule has 0 aliphatic heterocycles. The Hall–Kier alpha value is -1.35. The van der Waals surface area contributed by atoms with Gasteiger partial charge in [-0.1, -0.05) is 41.5 Å². The first kappa shape index (κ1) is 13.0. The lowest BCUT2D eigenvalue weighted by Crippen LogP contribution is -2.36. The number of benzene rings is 1. The van der Waals surface area contributed by atoms with Gasteiger partial charge >= 0.3 is 0 Å². The van der Waals surface area contributed by atoms with Crippen molar-refractivity contribution in [3.63, 3.8) is 0 Å². The Bertz CT molecular complexity index is 864. The first-order valence-corrected chi connectivity index (χ1v) is 10.4. The average Bonchev–Trinajstić information content (AvgIpc) is 3.18. The molecule has 4 bridgehead atoms. The molecule has 7 atom stereocenters. The van der Waals surface area contributed by atoms with Crippen LogP contribution < -0.4 is 0 Å². The van der Waals surface area contributed by atoms with Gasteiger partial charge in [-0.2, -0.15) is 0 Å². The number of hydrogen-bond acceptors (Lipinski definition) is 2. The molecule has 6 aliphatic rings. The molecule has 118 valence electrons. The van der Waals surface area contributed by atoms with Crippen LogP contribution in [0.25, 0.3) is 0 Å². The number of allylic oxidation sites excluding steroid dienone is 4. The topological polar surface area (TPSA) is 34.1 Å². The van der Waals surface area contributed by atoms with Gasteiger partial charge < -0.3 is 0 Å². The molecule has 23 heavy (non-hydrogen) atoms. The van der Waals surface area contributed by atoms with E-state index in [0.717, 1.165) is 24.7 Å². The lowest BCUT2D eigenvalue weighted by molar-refractivity contribution is 0.397. The Balaban J connectivity index is 1.43. The van der Waals surface area contributed by atoms with Crippen LogP contribution in [0.4, 0.5) is 0 Å². The molecule has 1 aromatic carbocycles. The van der Waals surface area contributed by atoms with Crippen molar-refractivity contribution in [3.8, 4) is 0 Å². The first-order chi connectivity index (χ1) is 11.2. The molecular weight excluding hydrogens is 304 g/mol. The second-order valence-electron chi connectivity index (χ2n) is 8.08. The minimum atomic E-state index is -3.20. The van der Waals surface area contributed by atoms with Crippen LogP contribution in [0.5, 0.6) is 0 Å². The standard InChI is InChI=1S/C20H20O2S/c21-23(22,12-4-2-1-3-5-12)18-9-11-8-17(18)20-14-7-6-13(19(11)20)15-10-16(14)15/h1-7,11,13-18H,8-10H2/t11-,13+,14+,15+,16-,17-,18-/m1/s1. The van der Waals surface area contributed by atoms with Gasteiger partial charge in [-0.05, 0) is 55.1 Å². The zero-order valence-electron chi connectivity index (χ0n) is 12.9. The molecule has 1 aromatic rings. The Morgan fingerprint density at radius 3 is 2.26 bits per heavy atom. The zero-order valence-corrected chi connectivity index (χ0v) is 13.7. The minimum absolute atomic E-state index is 0.182. The lowest BCUT2D eigenvalue weighted by Gasteiger charge is -2.40. The van der Waals surface area contributed by atoms with Gasteiger partial charge in [-0.3, -0.25) is 0 Å². The number of hydrogen-bond donors (Lipinski definition) is 0. The molecule has 2 saturated carbocycles. The van der Waals surface area contributed by atoms with Gasteiger partial charge in [-0.25, -0.2) is 8.42 Å². The van der Waals surface area contributed by atoms with Gasteiger partial charge in [0, 0.05) is 11.8 Å². The lowest BCUT2D eigenvalue weighted by atomic mass is 9.67. The third-order valence-electron chi connectivity index (χ3n) is 7.20. The van der Waals surface area contributed by atoms with Crippen LogP contribution in [0, 0.1) is 35.5 Å². The molecule has 0 saturated heterocycles. The van der Waals surface area contributed by atoms with E-state index in [0.29, 0.717) is 28.6 Å². The highest BCUT2D eigenvalue weighted by molar-refractivity contribution is 7.92. The molecule has 0 N–H and O–H groups in total. The Kier molecular flexibility index (Phi) is 2.26. The van der Waals surface area contributed by atoms with Crippen molar-refractivity contribution < 1.29 is 8.42 Å². The summed E-state index contributed by atoms with van der Waals surface area (Å²) in [6.45, 7) is 0. The van der Waals surface area contributed by atoms with Gasteiger partial charge in [0.15, 0.2) is 9.84 Å². The second kappa shape index (κ2) is 4.00. The summed E-state index contributed by atoms with van der Waals surface area (Å²) in [6, 6.07) is 9.09. The minimum Gasteiger partial charge on any atom is -0.223 e. The molecular formula is C20H20O2S. The monoisotopic (exact) mass is 324 g/mol. The maximum atomic E-state index is 13.2. The van der Waals surface area contributed by atoms with Crippen LogP contribution in [0.15, 0.2) is 58.5 Å². The summed E-state index contributed by atoms with van der Waals surface area (Å²) in [6.07, 6.45) is 8.17. The van der Waals surface area contributed by atoms with Crippen molar-refractivity contribution >= 4 is 9.84 Å². The second-order valence-corrected chi connectivity index (χ2v) is 10.2. The number of fused-ring (bicyclic) bond motifs is 2. The summed E-state index contributed by atoms with van der Waals surface area (Å²) >= 11 is 0. The number of rotatable bonds is 2. The quantitative estimate of drug-likeness (QED) is 0.779. The summed E-state index contributed by atoms with van der Waals surface area (Å²) < 4.78 is 26.3. The van der Waals surface area contributed by atoms with Crippen molar-refractivity contribution in [2.45, 2.75) is 29.4 Å². The van der Waals surface area contributed by atoms with Crippen LogP contribution in [0.3, 0.4) is 0 Å². The van der Waals surface area contributed by atoms with E-state index in [1.165, 1.54) is 6.42 Å². The fourth-order valence-electron chi connectivity index (χ4n) is 6.32. The molecule has 7 rings (SSSR count). The van der Waals surface area contributed by atoms with E-state index in [2.05, 4.69) is 12.2 Å². The normalized spacial score (nSPS) is 45.3. The van der Waals surface area contributed by atoms with Gasteiger partial charge in [-0.15, -0.1) is 0 Å². The molecule has 0 amide bonds. The van der Waals surface area contributed by atoms with E-state index in [4.69, 9.17) is 0 Å². The van der Waals surface area contributed by atoms with E-state index < -0.39 is 9.84 Å². The van der Waals surface area contributed by atoms with Crippen LogP contribution in [0.2, 0.25) is 0 Å². The van der Waals surface area contributed by atoms with Crippen molar-refractivity contribution in [2.75, 3.05) is 0 Å². The third kappa shape index (κ3) is 1.48. The molecule has 2 fully saturated rings. The largest absolute Gasteiger partial charge is 0.223 e. The molecule has 0 spiro atoms. The fraction of sp³-hybridized carbons (Fsp3) is 0.500. The van der Waals surface area contributed by atoms with E-state index in [-0.39, 0.29) is 5.25 Å². The smallest absolute Gasteiger partial charge is 0.181 e. The van der Waals surface area contributed by atoms with Crippen LogP contribution in [-0.2, 0) is 9.84 Å². The van der Waals surface area contributed by atoms with Crippen molar-refractivity contribution in [1.29, 1.82) is 0 Å². The van der Waals surface area contributed by atoms with E-state index in [9.17, 15) is 8.42 Å². The van der Waals surface area contributed by atoms with Crippen molar-refractivity contribution in [3.05, 3.63) is 53.6 Å². The molecule has 0 radical (unpaired) electrons. The average molecular weight is 324 g/mol. The Morgan fingerprint density at radius 2 is 1.52 bits per heavy atom. The van der Waals surface area contributed by atoms with Crippen molar-refractivity contribution in [2.24, 2.45) is 35.5 Å². The van der Waals surface area contributed by atoms with Gasteiger partial charge in [0.2, 0.25) is 0 Å². The van der Waals surface area contributed by atoms with Crippen LogP contribution in [0.1, 0.15) is 19.3 Å². The maximum absolute atomic E-state index is 13.2. The predicted molar refractivity (Wildman–Crippen MR) is 88.4 cm³/mol. The van der Waals surface area contributed by atoms with E-state index >= 15 is 0 Å². The predicted octanol–water partition coefficient (Wildman–Crippen LogP) is 3.62. The van der Waals surface area contributed by atoms with Gasteiger partial charge in [0.25, 0.3) is 0 Å². The van der Waals surface area contributed by atoms with Gasteiger partial charge in [0.05, 0.1) is 10.1 Å². The maximum Gasteiger partial charge on any atom is 0.181 e. The zero-order chi connectivity index (χ0) is 15.3. The molecule has 6 aliphatic carbocycles. The summed E-state index contributed by atoms with van der Waals surface area (Å²) in [5.74, 6) is 3.80. The molecule has 0 heterocycles. The summed E-state index contributed by atoms with van der Waals surface area (Å²) in [5, 5.41) is -0.182. The molecule has 2 nitrogen and oxygen atoms in total. The van der Waals surface area contributed by atoms with Gasteiger partial charge in [0.1, 0.15) is 0 Å². The van der Waals surface area contributed by atoms with E-state index in [1.807, 2.05) is 18.2 Å². The third-order valence-corrected chi connectivity index (χ3v) is 9.45. The molecule has 0 aromatic heterocycles. The highest BCUT2D eigenvalue weighted by atomic mass is 32.2.